The molecule has 4 nitrogen and oxygen atoms in total. The highest BCUT2D eigenvalue weighted by molar-refractivity contribution is 5.84. The highest BCUT2D eigenvalue weighted by atomic mass is 16.5. The number of rotatable bonds is 5. The molecule has 1 aromatic rings. The largest absolute Gasteiger partial charge is 0.384 e. The van der Waals surface area contributed by atoms with Crippen LogP contribution in [0.4, 0.5) is 0 Å². The van der Waals surface area contributed by atoms with E-state index in [4.69, 9.17) is 9.84 Å². The zero-order valence-electron chi connectivity index (χ0n) is 12.2. The molecule has 1 unspecified atom stereocenters. The monoisotopic (exact) mass is 275 g/mol. The molecule has 4 heteroatoms. The fourth-order valence-corrected chi connectivity index (χ4v) is 1.61. The third kappa shape index (κ3) is 4.37. The second-order valence-electron chi connectivity index (χ2n) is 4.63. The maximum Gasteiger partial charge on any atom is 0.252 e. The van der Waals surface area contributed by atoms with Gasteiger partial charge in [-0.25, -0.2) is 0 Å². The number of benzene rings is 1. The summed E-state index contributed by atoms with van der Waals surface area (Å²) in [6.07, 6.45) is 0.616. The predicted molar refractivity (Wildman–Crippen MR) is 78.0 cm³/mol. The molecule has 20 heavy (non-hydrogen) atoms. The second-order valence-corrected chi connectivity index (χ2v) is 4.63. The maximum atomic E-state index is 12.0. The Hall–Kier alpha value is -1.83. The van der Waals surface area contributed by atoms with Gasteiger partial charge >= 0.3 is 0 Å². The lowest BCUT2D eigenvalue weighted by molar-refractivity contribution is -0.142. The number of methoxy groups -OCH3 is 1. The number of carbonyl (C=O) groups excluding carboxylic acids is 1. The fourth-order valence-electron chi connectivity index (χ4n) is 1.61. The molecule has 0 heterocycles. The van der Waals surface area contributed by atoms with E-state index in [-0.39, 0.29) is 12.5 Å². The normalized spacial score (nSPS) is 13.0. The van der Waals surface area contributed by atoms with E-state index in [2.05, 4.69) is 17.2 Å². The first-order valence-electron chi connectivity index (χ1n) is 6.58. The van der Waals surface area contributed by atoms with E-state index in [0.717, 1.165) is 11.1 Å². The molecule has 1 amide bonds. The minimum atomic E-state index is -0.785. The van der Waals surface area contributed by atoms with E-state index >= 15 is 0 Å². The van der Waals surface area contributed by atoms with Crippen LogP contribution in [-0.2, 0) is 16.1 Å². The minimum Gasteiger partial charge on any atom is -0.384 e. The Morgan fingerprint density at radius 1 is 1.40 bits per heavy atom. The zero-order valence-corrected chi connectivity index (χ0v) is 12.2. The summed E-state index contributed by atoms with van der Waals surface area (Å²) in [6, 6.07) is 7.52. The van der Waals surface area contributed by atoms with Crippen LogP contribution in [-0.4, -0.2) is 30.3 Å². The number of carbonyl (C=O) groups is 1. The van der Waals surface area contributed by atoms with Crippen LogP contribution in [0.25, 0.3) is 0 Å². The molecule has 0 saturated heterocycles. The molecule has 1 atom stereocenters. The smallest absolute Gasteiger partial charge is 0.252 e. The summed E-state index contributed by atoms with van der Waals surface area (Å²) in [5, 5.41) is 11.5. The van der Waals surface area contributed by atoms with Crippen molar-refractivity contribution in [3.63, 3.8) is 0 Å². The SMILES string of the molecule is CCC(C)(OC)C(=O)NCc1ccc(C#CCO)cc1. The minimum absolute atomic E-state index is 0.119. The molecule has 0 aliphatic carbocycles. The number of hydrogen-bond donors (Lipinski definition) is 2. The van der Waals surface area contributed by atoms with Crippen LogP contribution in [0.5, 0.6) is 0 Å². The fraction of sp³-hybridized carbons (Fsp3) is 0.438. The molecule has 1 rings (SSSR count). The van der Waals surface area contributed by atoms with Gasteiger partial charge in [0, 0.05) is 19.2 Å². The molecule has 0 spiro atoms. The van der Waals surface area contributed by atoms with Crippen molar-refractivity contribution in [1.29, 1.82) is 0 Å². The predicted octanol–water partition coefficient (Wildman–Crippen LogP) is 1.46. The van der Waals surface area contributed by atoms with Crippen LogP contribution >= 0.6 is 0 Å². The standard InChI is InChI=1S/C16H21NO3/c1-4-16(2,20-3)15(19)17-12-14-9-7-13(8-10-14)6-5-11-18/h7-10,18H,4,11-12H2,1-3H3,(H,17,19). The number of amides is 1. The number of aliphatic hydroxyl groups is 1. The van der Waals surface area contributed by atoms with Crippen molar-refractivity contribution >= 4 is 5.91 Å². The van der Waals surface area contributed by atoms with E-state index in [9.17, 15) is 4.79 Å². The van der Waals surface area contributed by atoms with Crippen molar-refractivity contribution in [1.82, 2.24) is 5.32 Å². The van der Waals surface area contributed by atoms with Crippen molar-refractivity contribution in [3.05, 3.63) is 35.4 Å². The summed E-state index contributed by atoms with van der Waals surface area (Å²) in [5.41, 5.74) is 1.04. The van der Waals surface area contributed by atoms with E-state index in [1.54, 1.807) is 6.92 Å². The first kappa shape index (κ1) is 16.2. The summed E-state index contributed by atoms with van der Waals surface area (Å²) >= 11 is 0. The molecule has 0 radical (unpaired) electrons. The van der Waals surface area contributed by atoms with Crippen LogP contribution in [0.15, 0.2) is 24.3 Å². The van der Waals surface area contributed by atoms with Crippen LogP contribution in [0.1, 0.15) is 31.4 Å². The topological polar surface area (TPSA) is 58.6 Å². The third-order valence-corrected chi connectivity index (χ3v) is 3.32. The van der Waals surface area contributed by atoms with Gasteiger partial charge in [-0.3, -0.25) is 4.79 Å². The Morgan fingerprint density at radius 2 is 2.05 bits per heavy atom. The molecular formula is C16H21NO3. The first-order valence-corrected chi connectivity index (χ1v) is 6.58. The first-order chi connectivity index (χ1) is 9.55. The average Bonchev–Trinajstić information content (AvgIpc) is 2.50. The molecule has 0 aliphatic rings. The molecule has 0 bridgehead atoms. The Balaban J connectivity index is 2.60. The van der Waals surface area contributed by atoms with Crippen molar-refractivity contribution < 1.29 is 14.6 Å². The Labute approximate surface area is 120 Å². The van der Waals surface area contributed by atoms with Crippen LogP contribution in [0, 0.1) is 11.8 Å². The van der Waals surface area contributed by atoms with Gasteiger partial charge in [-0.1, -0.05) is 30.9 Å². The summed E-state index contributed by atoms with van der Waals surface area (Å²) in [4.78, 5) is 12.0. The lowest BCUT2D eigenvalue weighted by atomic mass is 10.0. The number of hydrogen-bond acceptors (Lipinski definition) is 3. The molecule has 0 saturated carbocycles. The Kier molecular flexibility index (Phi) is 6.23. The van der Waals surface area contributed by atoms with E-state index < -0.39 is 5.60 Å². The van der Waals surface area contributed by atoms with Gasteiger partial charge in [0.15, 0.2) is 0 Å². The molecule has 108 valence electrons. The van der Waals surface area contributed by atoms with Gasteiger partial charge in [0.2, 0.25) is 0 Å². The average molecular weight is 275 g/mol. The van der Waals surface area contributed by atoms with Crippen LogP contribution < -0.4 is 5.32 Å². The third-order valence-electron chi connectivity index (χ3n) is 3.32. The van der Waals surface area contributed by atoms with E-state index in [1.807, 2.05) is 31.2 Å². The lowest BCUT2D eigenvalue weighted by Crippen LogP contribution is -2.45. The van der Waals surface area contributed by atoms with E-state index in [1.165, 1.54) is 7.11 Å². The quantitative estimate of drug-likeness (QED) is 0.800. The summed E-state index contributed by atoms with van der Waals surface area (Å²) in [7, 11) is 1.54. The number of nitrogens with one attached hydrogen (secondary N) is 1. The van der Waals surface area contributed by atoms with Gasteiger partial charge in [0.25, 0.3) is 5.91 Å². The van der Waals surface area contributed by atoms with Gasteiger partial charge in [-0.2, -0.15) is 0 Å². The van der Waals surface area contributed by atoms with E-state index in [0.29, 0.717) is 13.0 Å². The van der Waals surface area contributed by atoms with Crippen molar-refractivity contribution in [3.8, 4) is 11.8 Å². The maximum absolute atomic E-state index is 12.0. The molecule has 0 fully saturated rings. The number of aliphatic hydroxyl groups excluding tert-OH is 1. The molecule has 0 aliphatic heterocycles. The molecule has 1 aromatic carbocycles. The lowest BCUT2D eigenvalue weighted by Gasteiger charge is -2.25. The summed E-state index contributed by atoms with van der Waals surface area (Å²) in [6.45, 7) is 3.99. The Morgan fingerprint density at radius 3 is 2.55 bits per heavy atom. The van der Waals surface area contributed by atoms with Crippen molar-refractivity contribution in [2.45, 2.75) is 32.4 Å². The summed E-state index contributed by atoms with van der Waals surface area (Å²) in [5.74, 6) is 5.29. The number of ether oxygens (including phenoxy) is 1. The molecule has 0 aromatic heterocycles. The van der Waals surface area contributed by atoms with Crippen LogP contribution in [0.2, 0.25) is 0 Å². The summed E-state index contributed by atoms with van der Waals surface area (Å²) < 4.78 is 5.25. The van der Waals surface area contributed by atoms with Crippen LogP contribution in [0.3, 0.4) is 0 Å². The van der Waals surface area contributed by atoms with Crippen molar-refractivity contribution in [2.75, 3.05) is 13.7 Å². The zero-order chi connectivity index (χ0) is 15.0. The highest BCUT2D eigenvalue weighted by Crippen LogP contribution is 2.14. The molecular weight excluding hydrogens is 254 g/mol. The van der Waals surface area contributed by atoms with Gasteiger partial charge in [0.05, 0.1) is 0 Å². The van der Waals surface area contributed by atoms with Gasteiger partial charge < -0.3 is 15.2 Å². The van der Waals surface area contributed by atoms with Gasteiger partial charge in [-0.05, 0) is 31.0 Å². The Bertz CT molecular complexity index is 493. The van der Waals surface area contributed by atoms with Gasteiger partial charge in [0.1, 0.15) is 12.2 Å². The second kappa shape index (κ2) is 7.68. The molecule has 2 N–H and O–H groups in total. The highest BCUT2D eigenvalue weighted by Gasteiger charge is 2.30. The van der Waals surface area contributed by atoms with Crippen molar-refractivity contribution in [2.24, 2.45) is 0 Å². The van der Waals surface area contributed by atoms with Gasteiger partial charge in [-0.15, -0.1) is 0 Å².